The number of thioether (sulfide) groups is 1. The van der Waals surface area contributed by atoms with Gasteiger partial charge in [-0.25, -0.2) is 0 Å². The minimum Gasteiger partial charge on any atom is -0.311 e. The normalized spacial score (nSPS) is 29.4. The zero-order chi connectivity index (χ0) is 9.80. The molecule has 2 nitrogen and oxygen atoms in total. The smallest absolute Gasteiger partial charge is 0.0223 e. The first-order chi connectivity index (χ1) is 6.90. The van der Waals surface area contributed by atoms with Crippen molar-refractivity contribution in [1.82, 2.24) is 10.2 Å². The molecule has 0 radical (unpaired) electrons. The SMILES string of the molecule is CCSCCN1CCNC(C2CC2)C1. The summed E-state index contributed by atoms with van der Waals surface area (Å²) in [4.78, 5) is 2.64. The highest BCUT2D eigenvalue weighted by molar-refractivity contribution is 7.99. The van der Waals surface area contributed by atoms with Crippen LogP contribution in [0.4, 0.5) is 0 Å². The lowest BCUT2D eigenvalue weighted by atomic mass is 10.1. The van der Waals surface area contributed by atoms with Crippen LogP contribution in [0.1, 0.15) is 19.8 Å². The minimum absolute atomic E-state index is 0.815. The van der Waals surface area contributed by atoms with E-state index in [2.05, 4.69) is 28.9 Å². The fourth-order valence-electron chi connectivity index (χ4n) is 2.20. The molecule has 0 bridgehead atoms. The summed E-state index contributed by atoms with van der Waals surface area (Å²) in [6, 6.07) is 0.815. The van der Waals surface area contributed by atoms with E-state index in [1.54, 1.807) is 0 Å². The van der Waals surface area contributed by atoms with Gasteiger partial charge in [0.2, 0.25) is 0 Å². The van der Waals surface area contributed by atoms with Crippen LogP contribution in [-0.2, 0) is 0 Å². The van der Waals surface area contributed by atoms with E-state index in [0.29, 0.717) is 0 Å². The quantitative estimate of drug-likeness (QED) is 0.697. The van der Waals surface area contributed by atoms with Gasteiger partial charge in [0.25, 0.3) is 0 Å². The van der Waals surface area contributed by atoms with E-state index in [9.17, 15) is 0 Å². The molecule has 2 aliphatic rings. The van der Waals surface area contributed by atoms with Crippen LogP contribution >= 0.6 is 11.8 Å². The van der Waals surface area contributed by atoms with Gasteiger partial charge in [0, 0.05) is 38.0 Å². The first-order valence-corrected chi connectivity index (χ1v) is 7.09. The van der Waals surface area contributed by atoms with Crippen LogP contribution in [0.3, 0.4) is 0 Å². The third-order valence-corrected chi connectivity index (χ3v) is 4.12. The Balaban J connectivity index is 1.65. The van der Waals surface area contributed by atoms with Gasteiger partial charge in [-0.3, -0.25) is 4.90 Å². The lowest BCUT2D eigenvalue weighted by Crippen LogP contribution is -2.52. The van der Waals surface area contributed by atoms with Crippen molar-refractivity contribution in [3.05, 3.63) is 0 Å². The molecule has 14 heavy (non-hydrogen) atoms. The van der Waals surface area contributed by atoms with E-state index in [-0.39, 0.29) is 0 Å². The van der Waals surface area contributed by atoms with Crippen LogP contribution in [0, 0.1) is 5.92 Å². The maximum atomic E-state index is 3.65. The summed E-state index contributed by atoms with van der Waals surface area (Å²) < 4.78 is 0. The predicted molar refractivity (Wildman–Crippen MR) is 64.0 cm³/mol. The van der Waals surface area contributed by atoms with E-state index in [1.165, 1.54) is 50.5 Å². The monoisotopic (exact) mass is 214 g/mol. The molecule has 82 valence electrons. The van der Waals surface area contributed by atoms with Crippen LogP contribution < -0.4 is 5.32 Å². The number of nitrogens with one attached hydrogen (secondary N) is 1. The van der Waals surface area contributed by atoms with Crippen LogP contribution in [0.15, 0.2) is 0 Å². The van der Waals surface area contributed by atoms with E-state index in [1.807, 2.05) is 0 Å². The van der Waals surface area contributed by atoms with E-state index >= 15 is 0 Å². The fraction of sp³-hybridized carbons (Fsp3) is 1.00. The Bertz CT molecular complexity index is 171. The molecule has 1 unspecified atom stereocenters. The Morgan fingerprint density at radius 3 is 3.00 bits per heavy atom. The maximum absolute atomic E-state index is 3.65. The average molecular weight is 214 g/mol. The van der Waals surface area contributed by atoms with Gasteiger partial charge in [-0.05, 0) is 24.5 Å². The van der Waals surface area contributed by atoms with Gasteiger partial charge in [0.05, 0.1) is 0 Å². The van der Waals surface area contributed by atoms with E-state index in [0.717, 1.165) is 12.0 Å². The third kappa shape index (κ3) is 3.14. The Morgan fingerprint density at radius 1 is 1.43 bits per heavy atom. The van der Waals surface area contributed by atoms with Crippen molar-refractivity contribution >= 4 is 11.8 Å². The van der Waals surface area contributed by atoms with Gasteiger partial charge >= 0.3 is 0 Å². The van der Waals surface area contributed by atoms with Crippen LogP contribution in [-0.4, -0.2) is 48.6 Å². The van der Waals surface area contributed by atoms with Gasteiger partial charge < -0.3 is 5.32 Å². The van der Waals surface area contributed by atoms with Gasteiger partial charge in [-0.15, -0.1) is 0 Å². The first kappa shape index (κ1) is 10.8. The van der Waals surface area contributed by atoms with Gasteiger partial charge in [-0.2, -0.15) is 11.8 Å². The predicted octanol–water partition coefficient (Wildman–Crippen LogP) is 1.42. The zero-order valence-corrected chi connectivity index (χ0v) is 9.98. The molecule has 2 rings (SSSR count). The highest BCUT2D eigenvalue weighted by atomic mass is 32.2. The number of nitrogens with zero attached hydrogens (tertiary/aromatic N) is 1. The molecule has 0 spiro atoms. The topological polar surface area (TPSA) is 15.3 Å². The minimum atomic E-state index is 0.815. The highest BCUT2D eigenvalue weighted by Gasteiger charge is 2.33. The lowest BCUT2D eigenvalue weighted by Gasteiger charge is -2.33. The second-order valence-electron chi connectivity index (χ2n) is 4.40. The molecule has 1 N–H and O–H groups in total. The van der Waals surface area contributed by atoms with Crippen molar-refractivity contribution < 1.29 is 0 Å². The van der Waals surface area contributed by atoms with Gasteiger partial charge in [0.1, 0.15) is 0 Å². The molecule has 1 heterocycles. The fourth-order valence-corrected chi connectivity index (χ4v) is 2.87. The zero-order valence-electron chi connectivity index (χ0n) is 9.17. The van der Waals surface area contributed by atoms with Gasteiger partial charge in [0.15, 0.2) is 0 Å². The van der Waals surface area contributed by atoms with Crippen molar-refractivity contribution in [2.24, 2.45) is 5.92 Å². The molecule has 3 heteroatoms. The molecule has 1 aliphatic heterocycles. The molecule has 1 saturated heterocycles. The second-order valence-corrected chi connectivity index (χ2v) is 5.79. The van der Waals surface area contributed by atoms with Crippen molar-refractivity contribution in [2.75, 3.05) is 37.7 Å². The van der Waals surface area contributed by atoms with Crippen molar-refractivity contribution in [3.63, 3.8) is 0 Å². The highest BCUT2D eigenvalue weighted by Crippen LogP contribution is 2.33. The molecular formula is C11H22N2S. The number of hydrogen-bond donors (Lipinski definition) is 1. The summed E-state index contributed by atoms with van der Waals surface area (Å²) in [5.74, 6) is 3.59. The number of piperazine rings is 1. The lowest BCUT2D eigenvalue weighted by molar-refractivity contribution is 0.198. The molecule has 1 aliphatic carbocycles. The molecule has 0 aromatic rings. The summed E-state index contributed by atoms with van der Waals surface area (Å²) in [7, 11) is 0. The Hall–Kier alpha value is 0.270. The average Bonchev–Trinajstić information content (AvgIpc) is 3.02. The Kier molecular flexibility index (Phi) is 4.14. The second kappa shape index (κ2) is 5.38. The molecule has 1 atom stereocenters. The Morgan fingerprint density at radius 2 is 2.29 bits per heavy atom. The summed E-state index contributed by atoms with van der Waals surface area (Å²) in [5.41, 5.74) is 0. The number of hydrogen-bond acceptors (Lipinski definition) is 3. The summed E-state index contributed by atoms with van der Waals surface area (Å²) in [6.07, 6.45) is 2.93. The third-order valence-electron chi connectivity index (χ3n) is 3.24. The summed E-state index contributed by atoms with van der Waals surface area (Å²) >= 11 is 2.06. The largest absolute Gasteiger partial charge is 0.311 e. The van der Waals surface area contributed by atoms with E-state index < -0.39 is 0 Å². The van der Waals surface area contributed by atoms with Crippen LogP contribution in [0.25, 0.3) is 0 Å². The molecule has 0 aromatic carbocycles. The molecule has 1 saturated carbocycles. The van der Waals surface area contributed by atoms with Crippen LogP contribution in [0.2, 0.25) is 0 Å². The van der Waals surface area contributed by atoms with Crippen LogP contribution in [0.5, 0.6) is 0 Å². The van der Waals surface area contributed by atoms with Crippen molar-refractivity contribution in [1.29, 1.82) is 0 Å². The summed E-state index contributed by atoms with van der Waals surface area (Å²) in [6.45, 7) is 7.30. The van der Waals surface area contributed by atoms with Crippen molar-refractivity contribution in [2.45, 2.75) is 25.8 Å². The Labute approximate surface area is 91.8 Å². The van der Waals surface area contributed by atoms with Gasteiger partial charge in [-0.1, -0.05) is 6.92 Å². The molecule has 0 aromatic heterocycles. The van der Waals surface area contributed by atoms with Crippen molar-refractivity contribution in [3.8, 4) is 0 Å². The number of rotatable bonds is 5. The maximum Gasteiger partial charge on any atom is 0.0223 e. The molecule has 0 amide bonds. The molecular weight excluding hydrogens is 192 g/mol. The standard InChI is InChI=1S/C11H22N2S/c1-2-14-8-7-13-6-5-12-11(9-13)10-3-4-10/h10-12H,2-9H2,1H3. The first-order valence-electron chi connectivity index (χ1n) is 5.93. The van der Waals surface area contributed by atoms with E-state index in [4.69, 9.17) is 0 Å². The summed E-state index contributed by atoms with van der Waals surface area (Å²) in [5, 5.41) is 3.65. The molecule has 2 fully saturated rings.